The highest BCUT2D eigenvalue weighted by Gasteiger charge is 2.16. The summed E-state index contributed by atoms with van der Waals surface area (Å²) in [7, 11) is 4.50. The van der Waals surface area contributed by atoms with Crippen molar-refractivity contribution < 1.29 is 0 Å². The lowest BCUT2D eigenvalue weighted by atomic mass is 10.1. The highest BCUT2D eigenvalue weighted by molar-refractivity contribution is 7.80. The number of rotatable bonds is 1. The van der Waals surface area contributed by atoms with Gasteiger partial charge in [-0.1, -0.05) is 39.8 Å². The molecule has 1 fully saturated rings. The van der Waals surface area contributed by atoms with Crippen molar-refractivity contribution in [3.63, 3.8) is 0 Å². The zero-order valence-electron chi connectivity index (χ0n) is 11.9. The zero-order chi connectivity index (χ0) is 13.1. The van der Waals surface area contributed by atoms with Gasteiger partial charge in [-0.05, 0) is 39.0 Å². The number of thiocarbonyl (C=S) groups is 1. The summed E-state index contributed by atoms with van der Waals surface area (Å²) in [6.07, 6.45) is 3.74. The van der Waals surface area contributed by atoms with E-state index in [1.807, 2.05) is 0 Å². The normalized spacial score (nSPS) is 15.2. The summed E-state index contributed by atoms with van der Waals surface area (Å²) in [5.41, 5.74) is 0. The van der Waals surface area contributed by atoms with Gasteiger partial charge in [-0.2, -0.15) is 0 Å². The number of hydrogen-bond acceptors (Lipinski definition) is 1. The van der Waals surface area contributed by atoms with Crippen LogP contribution >= 0.6 is 12.2 Å². The molecule has 1 aliphatic heterocycles. The topological polar surface area (TPSA) is 3.24 Å². The van der Waals surface area contributed by atoms with Crippen molar-refractivity contribution in [3.05, 3.63) is 0 Å². The van der Waals surface area contributed by atoms with E-state index >= 15 is 0 Å². The first-order valence-corrected chi connectivity index (χ1v) is 6.73. The van der Waals surface area contributed by atoms with Crippen LogP contribution in [0.4, 0.5) is 0 Å². The van der Waals surface area contributed by atoms with E-state index in [1.165, 1.54) is 31.2 Å². The summed E-state index contributed by atoms with van der Waals surface area (Å²) in [5, 5.41) is 0. The maximum Gasteiger partial charge on any atom is 0.0781 e. The second kappa shape index (κ2) is 11.4. The fourth-order valence-corrected chi connectivity index (χ4v) is 1.82. The van der Waals surface area contributed by atoms with Gasteiger partial charge in [0, 0.05) is 12.6 Å². The third kappa shape index (κ3) is 10.5. The quantitative estimate of drug-likeness (QED) is 0.503. The van der Waals surface area contributed by atoms with Gasteiger partial charge < -0.3 is 4.90 Å². The van der Waals surface area contributed by atoms with Crippen LogP contribution in [-0.4, -0.2) is 30.3 Å². The molecule has 1 heterocycles. The van der Waals surface area contributed by atoms with Gasteiger partial charge in [0.2, 0.25) is 0 Å². The summed E-state index contributed by atoms with van der Waals surface area (Å²) < 4.78 is 0. The second-order valence-electron chi connectivity index (χ2n) is 4.87. The van der Waals surface area contributed by atoms with Crippen molar-refractivity contribution in [2.75, 3.05) is 6.54 Å². The molecule has 0 aliphatic carbocycles. The Morgan fingerprint density at radius 3 is 1.75 bits per heavy atom. The van der Waals surface area contributed by atoms with Gasteiger partial charge in [0.15, 0.2) is 0 Å². The van der Waals surface area contributed by atoms with E-state index in [0.29, 0.717) is 6.04 Å². The van der Waals surface area contributed by atoms with Crippen LogP contribution in [0, 0.1) is 5.92 Å². The Balaban J connectivity index is 0. The van der Waals surface area contributed by atoms with Crippen LogP contribution in [0.1, 0.15) is 53.9 Å². The first kappa shape index (κ1) is 18.3. The molecule has 1 aliphatic rings. The van der Waals surface area contributed by atoms with Gasteiger partial charge >= 0.3 is 0 Å². The van der Waals surface area contributed by atoms with E-state index in [0.717, 1.165) is 12.3 Å². The molecule has 0 spiro atoms. The SMILES string of the molecule is CC(C)C.CC(C)N1CCCCC1=S.[B]C. The maximum atomic E-state index is 5.23. The summed E-state index contributed by atoms with van der Waals surface area (Å²) in [4.78, 5) is 3.50. The summed E-state index contributed by atoms with van der Waals surface area (Å²) in [5.74, 6) is 0.833. The molecule has 0 aromatic rings. The van der Waals surface area contributed by atoms with E-state index in [1.54, 1.807) is 0 Å². The van der Waals surface area contributed by atoms with E-state index in [2.05, 4.69) is 47.4 Å². The largest absolute Gasteiger partial charge is 0.364 e. The van der Waals surface area contributed by atoms with Crippen molar-refractivity contribution >= 4 is 25.1 Å². The molecule has 0 atom stereocenters. The van der Waals surface area contributed by atoms with Gasteiger partial charge in [0.25, 0.3) is 0 Å². The van der Waals surface area contributed by atoms with Gasteiger partial charge in [-0.25, -0.2) is 0 Å². The van der Waals surface area contributed by atoms with Crippen LogP contribution < -0.4 is 0 Å². The molecule has 0 N–H and O–H groups in total. The molecule has 16 heavy (non-hydrogen) atoms. The molecule has 1 saturated heterocycles. The fraction of sp³-hybridized carbons (Fsp3) is 0.923. The number of hydrogen-bond donors (Lipinski definition) is 0. The van der Waals surface area contributed by atoms with Crippen LogP contribution in [-0.2, 0) is 0 Å². The predicted molar refractivity (Wildman–Crippen MR) is 80.4 cm³/mol. The molecule has 94 valence electrons. The Labute approximate surface area is 109 Å². The third-order valence-electron chi connectivity index (χ3n) is 1.98. The van der Waals surface area contributed by atoms with Crippen LogP contribution in [0.15, 0.2) is 0 Å². The van der Waals surface area contributed by atoms with E-state index in [9.17, 15) is 0 Å². The zero-order valence-corrected chi connectivity index (χ0v) is 12.7. The number of nitrogens with zero attached hydrogens (tertiary/aromatic N) is 1. The van der Waals surface area contributed by atoms with Gasteiger partial charge in [0.05, 0.1) is 12.8 Å². The smallest absolute Gasteiger partial charge is 0.0781 e. The molecule has 1 rings (SSSR count). The van der Waals surface area contributed by atoms with Crippen molar-refractivity contribution in [2.24, 2.45) is 5.92 Å². The van der Waals surface area contributed by atoms with E-state index in [-0.39, 0.29) is 0 Å². The highest BCUT2D eigenvalue weighted by Crippen LogP contribution is 2.14. The van der Waals surface area contributed by atoms with Crippen molar-refractivity contribution in [1.29, 1.82) is 0 Å². The standard InChI is InChI=1S/C8H15NS.C4H10.CH3B/c1-7(2)9-6-4-3-5-8(9)10;1-4(2)3;1-2/h7H,3-6H2,1-2H3;4H,1-3H3;1H3. The Hall–Kier alpha value is -0.0451. The Kier molecular flexibility index (Phi) is 13.1. The third-order valence-corrected chi connectivity index (χ3v) is 2.42. The lowest BCUT2D eigenvalue weighted by Gasteiger charge is -2.32. The Bertz CT molecular complexity index is 167. The minimum absolute atomic E-state index is 0.604. The average Bonchev–Trinajstić information content (AvgIpc) is 2.20. The molecule has 1 nitrogen and oxygen atoms in total. The maximum absolute atomic E-state index is 5.23. The lowest BCUT2D eigenvalue weighted by Crippen LogP contribution is -2.39. The second-order valence-corrected chi connectivity index (χ2v) is 5.34. The molecule has 0 unspecified atom stereocenters. The molecule has 0 aromatic heterocycles. The van der Waals surface area contributed by atoms with Crippen LogP contribution in [0.25, 0.3) is 0 Å². The minimum Gasteiger partial charge on any atom is -0.364 e. The van der Waals surface area contributed by atoms with E-state index in [4.69, 9.17) is 12.2 Å². The summed E-state index contributed by atoms with van der Waals surface area (Å²) in [6.45, 7) is 13.6. The Morgan fingerprint density at radius 1 is 1.06 bits per heavy atom. The number of piperidine rings is 1. The molecular weight excluding hydrogens is 213 g/mol. The van der Waals surface area contributed by atoms with Crippen molar-refractivity contribution in [2.45, 2.75) is 66.7 Å². The lowest BCUT2D eigenvalue weighted by molar-refractivity contribution is 0.320. The summed E-state index contributed by atoms with van der Waals surface area (Å²) >= 11 is 5.23. The monoisotopic (exact) mass is 241 g/mol. The molecule has 0 saturated carbocycles. The fourth-order valence-electron chi connectivity index (χ4n) is 1.37. The van der Waals surface area contributed by atoms with Crippen molar-refractivity contribution in [3.8, 4) is 0 Å². The van der Waals surface area contributed by atoms with Crippen LogP contribution in [0.3, 0.4) is 0 Å². The summed E-state index contributed by atoms with van der Waals surface area (Å²) in [6, 6.07) is 0.604. The molecule has 3 heteroatoms. The van der Waals surface area contributed by atoms with Crippen LogP contribution in [0.5, 0.6) is 0 Å². The first-order chi connectivity index (χ1) is 7.45. The first-order valence-electron chi connectivity index (χ1n) is 6.32. The molecule has 0 bridgehead atoms. The van der Waals surface area contributed by atoms with Gasteiger partial charge in [-0.15, -0.1) is 0 Å². The molecular formula is C13H28BNS. The predicted octanol–water partition coefficient (Wildman–Crippen LogP) is 4.07. The number of likely N-dealkylation sites (tertiary alicyclic amines) is 1. The molecule has 2 radical (unpaired) electrons. The Morgan fingerprint density at radius 2 is 1.50 bits per heavy atom. The van der Waals surface area contributed by atoms with Crippen molar-refractivity contribution in [1.82, 2.24) is 4.90 Å². The average molecular weight is 241 g/mol. The van der Waals surface area contributed by atoms with Gasteiger partial charge in [0.1, 0.15) is 0 Å². The highest BCUT2D eigenvalue weighted by atomic mass is 32.1. The molecule has 0 aromatic carbocycles. The van der Waals surface area contributed by atoms with Crippen LogP contribution in [0.2, 0.25) is 6.82 Å². The minimum atomic E-state index is 0.604. The molecule has 0 amide bonds. The van der Waals surface area contributed by atoms with Gasteiger partial charge in [-0.3, -0.25) is 0 Å². The van der Waals surface area contributed by atoms with E-state index < -0.39 is 0 Å².